The van der Waals surface area contributed by atoms with E-state index in [1.807, 2.05) is 27.7 Å². The van der Waals surface area contributed by atoms with E-state index in [2.05, 4.69) is 5.32 Å². The number of rotatable bonds is 23. The van der Waals surface area contributed by atoms with Crippen molar-refractivity contribution in [1.29, 1.82) is 0 Å². The molecule has 0 radical (unpaired) electrons. The molecule has 1 rings (SSSR count). The third-order valence-electron chi connectivity index (χ3n) is 6.66. The summed E-state index contributed by atoms with van der Waals surface area (Å²) in [4.78, 5) is 48.8. The molecule has 10 heteroatoms. The van der Waals surface area contributed by atoms with Crippen molar-refractivity contribution in [2.24, 2.45) is 5.92 Å². The molecule has 1 aliphatic rings. The van der Waals surface area contributed by atoms with Crippen LogP contribution in [0.1, 0.15) is 92.9 Å². The van der Waals surface area contributed by atoms with Gasteiger partial charge < -0.3 is 29.4 Å². The summed E-state index contributed by atoms with van der Waals surface area (Å²) in [5, 5.41) is 12.6. The summed E-state index contributed by atoms with van der Waals surface area (Å²) in [6, 6.07) is 0. The first kappa shape index (κ1) is 35.3. The lowest BCUT2D eigenvalue weighted by atomic mass is 9.91. The summed E-state index contributed by atoms with van der Waals surface area (Å²) in [5.41, 5.74) is -1.88. The molecule has 0 aromatic heterocycles. The van der Waals surface area contributed by atoms with Gasteiger partial charge in [0.15, 0.2) is 0 Å². The second-order valence-corrected chi connectivity index (χ2v) is 11.4. The molecule has 0 heterocycles. The number of carbonyl (C=O) groups is 4. The smallest absolute Gasteiger partial charge is 0.223 e. The van der Waals surface area contributed by atoms with Crippen LogP contribution in [-0.2, 0) is 38.1 Å². The number of hydrogen-bond donors (Lipinski definition) is 2. The Bertz CT molecular complexity index is 751. The van der Waals surface area contributed by atoms with Crippen LogP contribution in [0.15, 0.2) is 0 Å². The Morgan fingerprint density at radius 3 is 1.72 bits per heavy atom. The van der Waals surface area contributed by atoms with Crippen LogP contribution in [0.2, 0.25) is 0 Å². The van der Waals surface area contributed by atoms with Crippen molar-refractivity contribution in [3.05, 3.63) is 0 Å². The molecular weight excluding hydrogens is 506 g/mol. The number of aliphatic hydroxyl groups excluding tert-OH is 1. The highest BCUT2D eigenvalue weighted by molar-refractivity contribution is 5.80. The van der Waals surface area contributed by atoms with Crippen molar-refractivity contribution in [2.45, 2.75) is 116 Å². The average Bonchev–Trinajstić information content (AvgIpc) is 2.84. The summed E-state index contributed by atoms with van der Waals surface area (Å²) in [6.07, 6.45) is 2.28. The van der Waals surface area contributed by atoms with Gasteiger partial charge in [0.25, 0.3) is 0 Å². The largest absolute Gasteiger partial charge is 0.393 e. The Morgan fingerprint density at radius 1 is 0.846 bits per heavy atom. The lowest BCUT2D eigenvalue weighted by Crippen LogP contribution is -2.59. The Labute approximate surface area is 233 Å². The van der Waals surface area contributed by atoms with E-state index < -0.39 is 11.1 Å². The Balaban J connectivity index is 2.95. The number of Topliss-reactive ketones (excluding diaryl/α,β-unsaturated/α-hetero) is 3. The zero-order valence-corrected chi connectivity index (χ0v) is 24.8. The van der Waals surface area contributed by atoms with Gasteiger partial charge in [-0.05, 0) is 26.7 Å². The maximum atomic E-state index is 13.3. The molecule has 0 saturated heterocycles. The standard InChI is InChI=1S/C29H51NO9/c1-7-22(31)9-12-36-18-29(19-37-13-10-23(32)8-2,20-38-14-11-26(34)21(3)4)30-27(35)17-28(5,6)39-25-15-24(33)16-25/h21,24-25,33H,7-20H2,1-6H3,(H,30,35). The van der Waals surface area contributed by atoms with Crippen LogP contribution in [0.5, 0.6) is 0 Å². The van der Waals surface area contributed by atoms with Crippen LogP contribution in [0, 0.1) is 5.92 Å². The molecule has 0 aromatic rings. The third kappa shape index (κ3) is 15.0. The number of ketones is 3. The van der Waals surface area contributed by atoms with Crippen LogP contribution >= 0.6 is 0 Å². The summed E-state index contributed by atoms with van der Waals surface area (Å²) in [5.74, 6) is -0.183. The number of nitrogens with one attached hydrogen (secondary N) is 1. The zero-order valence-electron chi connectivity index (χ0n) is 24.8. The van der Waals surface area contributed by atoms with Crippen LogP contribution in [0.25, 0.3) is 0 Å². The number of ether oxygens (including phenoxy) is 4. The van der Waals surface area contributed by atoms with Crippen LogP contribution in [-0.4, -0.2) is 91.4 Å². The minimum Gasteiger partial charge on any atom is -0.393 e. The van der Waals surface area contributed by atoms with E-state index in [9.17, 15) is 24.3 Å². The summed E-state index contributed by atoms with van der Waals surface area (Å²) >= 11 is 0. The fourth-order valence-electron chi connectivity index (χ4n) is 4.08. The number of aliphatic hydroxyl groups is 1. The molecular formula is C29H51NO9. The van der Waals surface area contributed by atoms with Crippen molar-refractivity contribution < 1.29 is 43.2 Å². The van der Waals surface area contributed by atoms with E-state index in [0.29, 0.717) is 25.7 Å². The maximum absolute atomic E-state index is 13.3. The molecule has 10 nitrogen and oxygen atoms in total. The van der Waals surface area contributed by atoms with Crippen molar-refractivity contribution in [1.82, 2.24) is 5.32 Å². The van der Waals surface area contributed by atoms with E-state index in [1.165, 1.54) is 0 Å². The van der Waals surface area contributed by atoms with Crippen molar-refractivity contribution in [3.63, 3.8) is 0 Å². The molecule has 0 aromatic carbocycles. The van der Waals surface area contributed by atoms with Gasteiger partial charge in [0.2, 0.25) is 5.91 Å². The average molecular weight is 558 g/mol. The van der Waals surface area contributed by atoms with E-state index in [-0.39, 0.29) is 107 Å². The van der Waals surface area contributed by atoms with Crippen LogP contribution in [0.4, 0.5) is 0 Å². The van der Waals surface area contributed by atoms with E-state index in [4.69, 9.17) is 18.9 Å². The fraction of sp³-hybridized carbons (Fsp3) is 0.862. The maximum Gasteiger partial charge on any atom is 0.223 e. The SMILES string of the molecule is CCC(=O)CCOCC(COCCC(=O)CC)(COCCC(=O)C(C)C)NC(=O)CC(C)(C)OC1CC(O)C1. The Kier molecular flexibility index (Phi) is 16.2. The number of hydrogen-bond acceptors (Lipinski definition) is 9. The molecule has 0 unspecified atom stereocenters. The van der Waals surface area contributed by atoms with Gasteiger partial charge in [0.05, 0.1) is 63.9 Å². The highest BCUT2D eigenvalue weighted by Crippen LogP contribution is 2.29. The summed E-state index contributed by atoms with van der Waals surface area (Å²) in [7, 11) is 0. The van der Waals surface area contributed by atoms with Gasteiger partial charge in [-0.3, -0.25) is 19.2 Å². The summed E-state index contributed by atoms with van der Waals surface area (Å²) < 4.78 is 23.6. The van der Waals surface area contributed by atoms with Gasteiger partial charge in [0.1, 0.15) is 22.9 Å². The van der Waals surface area contributed by atoms with Crippen LogP contribution < -0.4 is 5.32 Å². The van der Waals surface area contributed by atoms with Crippen molar-refractivity contribution in [3.8, 4) is 0 Å². The number of carbonyl (C=O) groups excluding carboxylic acids is 4. The first-order valence-electron chi connectivity index (χ1n) is 14.3. The predicted octanol–water partition coefficient (Wildman–Crippen LogP) is 2.95. The minimum atomic E-state index is -1.11. The van der Waals surface area contributed by atoms with Gasteiger partial charge in [-0.15, -0.1) is 0 Å². The molecule has 1 fully saturated rings. The normalized spacial score (nSPS) is 17.6. The third-order valence-corrected chi connectivity index (χ3v) is 6.66. The van der Waals surface area contributed by atoms with Crippen LogP contribution in [0.3, 0.4) is 0 Å². The highest BCUT2D eigenvalue weighted by Gasteiger charge is 2.38. The quantitative estimate of drug-likeness (QED) is 0.182. The molecule has 0 spiro atoms. The lowest BCUT2D eigenvalue weighted by molar-refractivity contribution is -0.154. The Hall–Kier alpha value is -1.72. The molecule has 1 saturated carbocycles. The molecule has 226 valence electrons. The van der Waals surface area contributed by atoms with Gasteiger partial charge in [-0.1, -0.05) is 27.7 Å². The van der Waals surface area contributed by atoms with Gasteiger partial charge >= 0.3 is 0 Å². The van der Waals surface area contributed by atoms with Crippen molar-refractivity contribution in [2.75, 3.05) is 39.6 Å². The fourth-order valence-corrected chi connectivity index (χ4v) is 4.08. The molecule has 0 aliphatic heterocycles. The first-order valence-corrected chi connectivity index (χ1v) is 14.3. The van der Waals surface area contributed by atoms with Gasteiger partial charge in [-0.25, -0.2) is 0 Å². The molecule has 2 N–H and O–H groups in total. The lowest BCUT2D eigenvalue weighted by Gasteiger charge is -2.39. The molecule has 0 bridgehead atoms. The minimum absolute atomic E-state index is 0.0175. The van der Waals surface area contributed by atoms with Gasteiger partial charge in [0, 0.05) is 38.0 Å². The monoisotopic (exact) mass is 557 g/mol. The molecule has 39 heavy (non-hydrogen) atoms. The van der Waals surface area contributed by atoms with E-state index in [0.717, 1.165) is 0 Å². The van der Waals surface area contributed by atoms with Crippen molar-refractivity contribution >= 4 is 23.3 Å². The second kappa shape index (κ2) is 17.9. The second-order valence-electron chi connectivity index (χ2n) is 11.4. The van der Waals surface area contributed by atoms with E-state index >= 15 is 0 Å². The topological polar surface area (TPSA) is 137 Å². The molecule has 1 amide bonds. The molecule has 1 aliphatic carbocycles. The Morgan fingerprint density at radius 2 is 1.31 bits per heavy atom. The highest BCUT2D eigenvalue weighted by atomic mass is 16.5. The summed E-state index contributed by atoms with van der Waals surface area (Å²) in [6.45, 7) is 11.5. The zero-order chi connectivity index (χ0) is 29.5. The predicted molar refractivity (Wildman–Crippen MR) is 146 cm³/mol. The molecule has 0 atom stereocenters. The van der Waals surface area contributed by atoms with E-state index in [1.54, 1.807) is 13.8 Å². The first-order chi connectivity index (χ1) is 18.3. The van der Waals surface area contributed by atoms with Gasteiger partial charge in [-0.2, -0.15) is 0 Å². The number of amides is 1.